The van der Waals surface area contributed by atoms with Gasteiger partial charge in [0.1, 0.15) is 5.75 Å². The molecule has 2 aromatic rings. The first-order valence-electron chi connectivity index (χ1n) is 8.28. The van der Waals surface area contributed by atoms with Gasteiger partial charge in [-0.05, 0) is 55.2 Å². The van der Waals surface area contributed by atoms with Gasteiger partial charge >= 0.3 is 0 Å². The third-order valence-electron chi connectivity index (χ3n) is 4.36. The molecule has 24 heavy (non-hydrogen) atoms. The molecule has 1 saturated heterocycles. The lowest BCUT2D eigenvalue weighted by Gasteiger charge is -2.29. The molecule has 0 spiro atoms. The molecule has 3 nitrogen and oxygen atoms in total. The number of halogens is 2. The van der Waals surface area contributed by atoms with Crippen LogP contribution in [0.15, 0.2) is 36.4 Å². The normalized spacial score (nSPS) is 14.5. The quantitative estimate of drug-likeness (QED) is 0.746. The zero-order valence-electron chi connectivity index (χ0n) is 13.8. The second-order valence-corrected chi connectivity index (χ2v) is 6.85. The topological polar surface area (TPSA) is 24.5 Å². The van der Waals surface area contributed by atoms with Crippen molar-refractivity contribution in [1.29, 1.82) is 0 Å². The maximum absolute atomic E-state index is 6.49. The fraction of sp³-hybridized carbons (Fsp3) is 0.368. The maximum Gasteiger partial charge on any atom is 0.137 e. The third-order valence-corrected chi connectivity index (χ3v) is 4.96. The molecule has 3 rings (SSSR count). The van der Waals surface area contributed by atoms with E-state index in [9.17, 15) is 0 Å². The molecule has 1 fully saturated rings. The highest BCUT2D eigenvalue weighted by Gasteiger charge is 2.14. The third kappa shape index (κ3) is 4.08. The van der Waals surface area contributed by atoms with E-state index in [-0.39, 0.29) is 0 Å². The molecule has 0 unspecified atom stereocenters. The van der Waals surface area contributed by atoms with Crippen molar-refractivity contribution in [3.8, 4) is 5.75 Å². The number of hydrogen-bond donors (Lipinski definition) is 1. The number of benzene rings is 2. The Morgan fingerprint density at radius 2 is 1.79 bits per heavy atom. The Labute approximate surface area is 153 Å². The van der Waals surface area contributed by atoms with Gasteiger partial charge in [0, 0.05) is 25.3 Å². The number of hydrogen-bond acceptors (Lipinski definition) is 3. The lowest BCUT2D eigenvalue weighted by molar-refractivity contribution is 0.415. The van der Waals surface area contributed by atoms with Gasteiger partial charge in [-0.1, -0.05) is 29.3 Å². The monoisotopic (exact) mass is 364 g/mol. The average Bonchev–Trinajstić information content (AvgIpc) is 2.61. The van der Waals surface area contributed by atoms with Crippen molar-refractivity contribution in [2.45, 2.75) is 25.8 Å². The maximum atomic E-state index is 6.49. The van der Waals surface area contributed by atoms with Crippen molar-refractivity contribution >= 4 is 34.6 Å². The second-order valence-electron chi connectivity index (χ2n) is 6.04. The molecule has 0 bridgehead atoms. The van der Waals surface area contributed by atoms with Gasteiger partial charge in [-0.2, -0.15) is 0 Å². The number of ether oxygens (including phenoxy) is 1. The van der Waals surface area contributed by atoms with Crippen molar-refractivity contribution in [3.63, 3.8) is 0 Å². The average molecular weight is 365 g/mol. The highest BCUT2D eigenvalue weighted by Crippen LogP contribution is 2.31. The van der Waals surface area contributed by atoms with Crippen LogP contribution in [0.4, 0.5) is 11.4 Å². The number of nitrogens with zero attached hydrogens (tertiary/aromatic N) is 1. The van der Waals surface area contributed by atoms with E-state index in [1.165, 1.54) is 19.3 Å². The van der Waals surface area contributed by atoms with E-state index in [1.807, 2.05) is 24.3 Å². The first-order chi connectivity index (χ1) is 11.7. The van der Waals surface area contributed by atoms with Crippen LogP contribution in [-0.2, 0) is 6.54 Å². The smallest absolute Gasteiger partial charge is 0.137 e. The summed E-state index contributed by atoms with van der Waals surface area (Å²) in [7, 11) is 1.62. The van der Waals surface area contributed by atoms with E-state index in [4.69, 9.17) is 27.9 Å². The first kappa shape index (κ1) is 17.2. The Balaban J connectivity index is 1.65. The Morgan fingerprint density at radius 3 is 2.46 bits per heavy atom. The van der Waals surface area contributed by atoms with Crippen LogP contribution in [0.2, 0.25) is 10.0 Å². The Morgan fingerprint density at radius 1 is 1.00 bits per heavy atom. The summed E-state index contributed by atoms with van der Waals surface area (Å²) < 4.78 is 5.17. The molecule has 0 aliphatic carbocycles. The van der Waals surface area contributed by atoms with Crippen LogP contribution in [0, 0.1) is 0 Å². The van der Waals surface area contributed by atoms with Gasteiger partial charge < -0.3 is 15.0 Å². The summed E-state index contributed by atoms with van der Waals surface area (Å²) in [6.07, 6.45) is 3.81. The molecule has 128 valence electrons. The number of rotatable bonds is 5. The molecule has 0 saturated carbocycles. The molecule has 0 atom stereocenters. The summed E-state index contributed by atoms with van der Waals surface area (Å²) in [5.41, 5.74) is 3.24. The fourth-order valence-corrected chi connectivity index (χ4v) is 3.61. The Kier molecular flexibility index (Phi) is 5.75. The number of nitrogens with one attached hydrogen (secondary N) is 1. The van der Waals surface area contributed by atoms with Gasteiger partial charge in [0.05, 0.1) is 22.8 Å². The van der Waals surface area contributed by atoms with Crippen LogP contribution < -0.4 is 15.0 Å². The predicted octanol–water partition coefficient (Wildman–Crippen LogP) is 5.60. The summed E-state index contributed by atoms with van der Waals surface area (Å²) in [4.78, 5) is 2.37. The van der Waals surface area contributed by atoms with Gasteiger partial charge in [0.25, 0.3) is 0 Å². The highest BCUT2D eigenvalue weighted by atomic mass is 35.5. The molecule has 0 radical (unpaired) electrons. The van der Waals surface area contributed by atoms with Crippen LogP contribution in [0.25, 0.3) is 0 Å². The van der Waals surface area contributed by atoms with Crippen molar-refractivity contribution in [2.24, 2.45) is 0 Å². The number of anilines is 2. The molecule has 1 N–H and O–H groups in total. The fourth-order valence-electron chi connectivity index (χ4n) is 3.03. The van der Waals surface area contributed by atoms with Crippen LogP contribution in [0.1, 0.15) is 24.8 Å². The largest absolute Gasteiger partial charge is 0.495 e. The van der Waals surface area contributed by atoms with Gasteiger partial charge in [-0.25, -0.2) is 0 Å². The molecule has 1 aliphatic heterocycles. The molecule has 0 aromatic heterocycles. The number of methoxy groups -OCH3 is 1. The zero-order valence-corrected chi connectivity index (χ0v) is 15.3. The van der Waals surface area contributed by atoms with E-state index < -0.39 is 0 Å². The lowest BCUT2D eigenvalue weighted by atomic mass is 10.1. The van der Waals surface area contributed by atoms with Crippen LogP contribution in [-0.4, -0.2) is 20.2 Å². The SMILES string of the molecule is COc1ccc(CNc2ccc(N3CCCCC3)c(Cl)c2)cc1Cl. The highest BCUT2D eigenvalue weighted by molar-refractivity contribution is 6.33. The molecule has 2 aromatic carbocycles. The molecule has 5 heteroatoms. The van der Waals surface area contributed by atoms with Crippen LogP contribution in [0.3, 0.4) is 0 Å². The number of piperidine rings is 1. The molecular weight excluding hydrogens is 343 g/mol. The van der Waals surface area contributed by atoms with Gasteiger partial charge in [-0.3, -0.25) is 0 Å². The van der Waals surface area contributed by atoms with Crippen LogP contribution in [0.5, 0.6) is 5.75 Å². The van der Waals surface area contributed by atoms with Crippen molar-refractivity contribution in [3.05, 3.63) is 52.0 Å². The standard InChI is InChI=1S/C19H22Cl2N2O/c1-24-19-8-5-14(11-17(19)21)13-22-15-6-7-18(16(20)12-15)23-9-3-2-4-10-23/h5-8,11-12,22H,2-4,9-10,13H2,1H3. The summed E-state index contributed by atoms with van der Waals surface area (Å²) in [6, 6.07) is 12.0. The van der Waals surface area contributed by atoms with Crippen LogP contribution >= 0.6 is 23.2 Å². The minimum Gasteiger partial charge on any atom is -0.495 e. The van der Waals surface area contributed by atoms with Crippen molar-refractivity contribution in [2.75, 3.05) is 30.4 Å². The van der Waals surface area contributed by atoms with Gasteiger partial charge in [0.2, 0.25) is 0 Å². The molecule has 0 amide bonds. The predicted molar refractivity (Wildman–Crippen MR) is 103 cm³/mol. The van der Waals surface area contributed by atoms with Crippen molar-refractivity contribution < 1.29 is 4.74 Å². The first-order valence-corrected chi connectivity index (χ1v) is 9.04. The summed E-state index contributed by atoms with van der Waals surface area (Å²) in [5, 5.41) is 4.82. The molecule has 1 heterocycles. The Bertz CT molecular complexity index is 700. The van der Waals surface area contributed by atoms with E-state index in [1.54, 1.807) is 7.11 Å². The summed E-state index contributed by atoms with van der Waals surface area (Å²) in [6.45, 7) is 2.87. The summed E-state index contributed by atoms with van der Waals surface area (Å²) >= 11 is 12.7. The minimum atomic E-state index is 0.621. The van der Waals surface area contributed by atoms with E-state index in [2.05, 4.69) is 22.3 Å². The minimum absolute atomic E-state index is 0.621. The van der Waals surface area contributed by atoms with Gasteiger partial charge in [-0.15, -0.1) is 0 Å². The van der Waals surface area contributed by atoms with E-state index in [0.717, 1.165) is 35.1 Å². The van der Waals surface area contributed by atoms with E-state index >= 15 is 0 Å². The molecular formula is C19H22Cl2N2O. The van der Waals surface area contributed by atoms with E-state index in [0.29, 0.717) is 17.3 Å². The second kappa shape index (κ2) is 8.00. The van der Waals surface area contributed by atoms with Gasteiger partial charge in [0.15, 0.2) is 0 Å². The lowest BCUT2D eigenvalue weighted by Crippen LogP contribution is -2.29. The zero-order chi connectivity index (χ0) is 16.9. The molecule has 1 aliphatic rings. The van der Waals surface area contributed by atoms with Crippen molar-refractivity contribution in [1.82, 2.24) is 0 Å². The summed E-state index contributed by atoms with van der Waals surface area (Å²) in [5.74, 6) is 0.689. The Hall–Kier alpha value is -1.58.